The molecule has 1 N–H and O–H groups in total. The molecule has 0 fully saturated rings. The van der Waals surface area contributed by atoms with Crippen LogP contribution in [-0.2, 0) is 11.3 Å². The molecule has 0 aromatic heterocycles. The number of rotatable bonds is 9. The Morgan fingerprint density at radius 3 is 2.68 bits per heavy atom. The lowest BCUT2D eigenvalue weighted by atomic mass is 10.1. The van der Waals surface area contributed by atoms with Gasteiger partial charge in [-0.3, -0.25) is 0 Å². The van der Waals surface area contributed by atoms with Gasteiger partial charge in [-0.15, -0.1) is 0 Å². The van der Waals surface area contributed by atoms with Crippen LogP contribution in [0.2, 0.25) is 0 Å². The van der Waals surface area contributed by atoms with Gasteiger partial charge in [-0.2, -0.15) is 0 Å². The van der Waals surface area contributed by atoms with Crippen molar-refractivity contribution in [3.8, 4) is 11.5 Å². The van der Waals surface area contributed by atoms with Crippen LogP contribution in [0.15, 0.2) is 18.2 Å². The summed E-state index contributed by atoms with van der Waals surface area (Å²) in [5.41, 5.74) is 1.11. The predicted molar refractivity (Wildman–Crippen MR) is 77.0 cm³/mol. The molecule has 1 atom stereocenters. The lowest BCUT2D eigenvalue weighted by molar-refractivity contribution is 0.0886. The van der Waals surface area contributed by atoms with Crippen LogP contribution in [0.3, 0.4) is 0 Å². The molecule has 19 heavy (non-hydrogen) atoms. The van der Waals surface area contributed by atoms with Crippen molar-refractivity contribution in [2.24, 2.45) is 0 Å². The number of para-hydroxylation sites is 1. The molecule has 0 aliphatic heterocycles. The maximum atomic E-state index is 5.98. The van der Waals surface area contributed by atoms with Gasteiger partial charge in [-0.25, -0.2) is 0 Å². The average molecular weight is 267 g/mol. The highest BCUT2D eigenvalue weighted by atomic mass is 16.5. The molecule has 0 aliphatic carbocycles. The van der Waals surface area contributed by atoms with Crippen LogP contribution < -0.4 is 14.8 Å². The summed E-state index contributed by atoms with van der Waals surface area (Å²) in [7, 11) is 1.67. The molecule has 1 aromatic carbocycles. The highest BCUT2D eigenvalue weighted by molar-refractivity contribution is 5.46. The number of methoxy groups -OCH3 is 1. The van der Waals surface area contributed by atoms with Gasteiger partial charge in [-0.05, 0) is 26.5 Å². The zero-order chi connectivity index (χ0) is 14.1. The maximum Gasteiger partial charge on any atom is 0.166 e. The van der Waals surface area contributed by atoms with E-state index < -0.39 is 0 Å². The van der Waals surface area contributed by atoms with E-state index in [0.29, 0.717) is 13.2 Å². The highest BCUT2D eigenvalue weighted by Gasteiger charge is 2.14. The first-order valence-corrected chi connectivity index (χ1v) is 6.83. The summed E-state index contributed by atoms with van der Waals surface area (Å²) in [6, 6.07) is 5.99. The van der Waals surface area contributed by atoms with E-state index in [-0.39, 0.29) is 6.10 Å². The van der Waals surface area contributed by atoms with Crippen molar-refractivity contribution in [3.05, 3.63) is 23.8 Å². The van der Waals surface area contributed by atoms with E-state index in [0.717, 1.165) is 30.2 Å². The summed E-state index contributed by atoms with van der Waals surface area (Å²) in [5, 5.41) is 3.31. The molecule has 0 aliphatic rings. The third kappa shape index (κ3) is 5.09. The Labute approximate surface area is 116 Å². The second kappa shape index (κ2) is 8.77. The fraction of sp³-hybridized carbons (Fsp3) is 0.600. The third-order valence-electron chi connectivity index (χ3n) is 2.65. The van der Waals surface area contributed by atoms with Crippen LogP contribution in [0.5, 0.6) is 11.5 Å². The Morgan fingerprint density at radius 2 is 2.05 bits per heavy atom. The molecular formula is C15H25NO3. The molecule has 1 aromatic rings. The monoisotopic (exact) mass is 267 g/mol. The first kappa shape index (κ1) is 15.8. The van der Waals surface area contributed by atoms with Gasteiger partial charge in [-0.1, -0.05) is 19.1 Å². The quantitative estimate of drug-likeness (QED) is 0.746. The average Bonchev–Trinajstić information content (AvgIpc) is 2.39. The Hall–Kier alpha value is -1.26. The van der Waals surface area contributed by atoms with Crippen molar-refractivity contribution in [2.75, 3.05) is 26.9 Å². The largest absolute Gasteiger partial charge is 0.490 e. The smallest absolute Gasteiger partial charge is 0.166 e. The van der Waals surface area contributed by atoms with Gasteiger partial charge in [0.25, 0.3) is 0 Å². The molecule has 4 nitrogen and oxygen atoms in total. The molecule has 4 heteroatoms. The fourth-order valence-electron chi connectivity index (χ4n) is 1.83. The summed E-state index contributed by atoms with van der Waals surface area (Å²) in [6.07, 6.45) is -0.00742. The summed E-state index contributed by atoms with van der Waals surface area (Å²) >= 11 is 0. The van der Waals surface area contributed by atoms with Crippen molar-refractivity contribution in [2.45, 2.75) is 33.4 Å². The Balaban J connectivity index is 2.91. The zero-order valence-corrected chi connectivity index (χ0v) is 12.4. The summed E-state index contributed by atoms with van der Waals surface area (Å²) in [6.45, 7) is 8.92. The Kier molecular flexibility index (Phi) is 7.30. The molecular weight excluding hydrogens is 242 g/mol. The van der Waals surface area contributed by atoms with Crippen LogP contribution in [0, 0.1) is 0 Å². The van der Waals surface area contributed by atoms with Gasteiger partial charge < -0.3 is 19.5 Å². The number of nitrogens with one attached hydrogen (secondary N) is 1. The molecule has 0 saturated heterocycles. The summed E-state index contributed by atoms with van der Waals surface area (Å²) in [5.74, 6) is 1.61. The van der Waals surface area contributed by atoms with Crippen molar-refractivity contribution in [3.63, 3.8) is 0 Å². The van der Waals surface area contributed by atoms with E-state index in [1.165, 1.54) is 0 Å². The number of hydrogen-bond acceptors (Lipinski definition) is 4. The van der Waals surface area contributed by atoms with Crippen LogP contribution in [0.4, 0.5) is 0 Å². The minimum Gasteiger partial charge on any atom is -0.490 e. The van der Waals surface area contributed by atoms with Crippen LogP contribution in [0.25, 0.3) is 0 Å². The van der Waals surface area contributed by atoms with E-state index >= 15 is 0 Å². The molecule has 0 heterocycles. The fourth-order valence-corrected chi connectivity index (χ4v) is 1.83. The van der Waals surface area contributed by atoms with Crippen molar-refractivity contribution in [1.29, 1.82) is 0 Å². The van der Waals surface area contributed by atoms with Gasteiger partial charge in [0.15, 0.2) is 11.5 Å². The van der Waals surface area contributed by atoms with Crippen LogP contribution >= 0.6 is 0 Å². The number of benzene rings is 1. The van der Waals surface area contributed by atoms with Crippen molar-refractivity contribution in [1.82, 2.24) is 5.32 Å². The van der Waals surface area contributed by atoms with Gasteiger partial charge in [0.1, 0.15) is 6.10 Å². The van der Waals surface area contributed by atoms with E-state index in [2.05, 4.69) is 18.3 Å². The molecule has 0 radical (unpaired) electrons. The predicted octanol–water partition coefficient (Wildman–Crippen LogP) is 2.61. The van der Waals surface area contributed by atoms with Gasteiger partial charge in [0.2, 0.25) is 0 Å². The Bertz CT molecular complexity index is 368. The van der Waals surface area contributed by atoms with E-state index in [9.17, 15) is 0 Å². The highest BCUT2D eigenvalue weighted by Crippen LogP contribution is 2.32. The summed E-state index contributed by atoms with van der Waals surface area (Å²) < 4.78 is 16.7. The molecule has 0 amide bonds. The molecule has 0 saturated carbocycles. The zero-order valence-electron chi connectivity index (χ0n) is 12.4. The summed E-state index contributed by atoms with van der Waals surface area (Å²) in [4.78, 5) is 0. The normalized spacial score (nSPS) is 12.2. The first-order valence-electron chi connectivity index (χ1n) is 6.83. The number of ether oxygens (including phenoxy) is 3. The van der Waals surface area contributed by atoms with Gasteiger partial charge >= 0.3 is 0 Å². The van der Waals surface area contributed by atoms with E-state index in [1.54, 1.807) is 7.11 Å². The Morgan fingerprint density at radius 1 is 1.26 bits per heavy atom. The van der Waals surface area contributed by atoms with Gasteiger partial charge in [0.05, 0.1) is 13.2 Å². The van der Waals surface area contributed by atoms with Crippen LogP contribution in [-0.4, -0.2) is 33.0 Å². The molecule has 1 unspecified atom stereocenters. The molecule has 0 spiro atoms. The SMILES string of the molecule is CCNCc1cccc(OCC)c1OC(C)COC. The minimum atomic E-state index is -0.00742. The van der Waals surface area contributed by atoms with Crippen molar-refractivity contribution >= 4 is 0 Å². The second-order valence-electron chi connectivity index (χ2n) is 4.34. The van der Waals surface area contributed by atoms with Crippen molar-refractivity contribution < 1.29 is 14.2 Å². The first-order chi connectivity index (χ1) is 9.22. The third-order valence-corrected chi connectivity index (χ3v) is 2.65. The maximum absolute atomic E-state index is 5.98. The second-order valence-corrected chi connectivity index (χ2v) is 4.34. The molecule has 108 valence electrons. The lowest BCUT2D eigenvalue weighted by Gasteiger charge is -2.20. The molecule has 1 rings (SSSR count). The van der Waals surface area contributed by atoms with Crippen LogP contribution in [0.1, 0.15) is 26.3 Å². The van der Waals surface area contributed by atoms with Gasteiger partial charge in [0, 0.05) is 19.2 Å². The topological polar surface area (TPSA) is 39.7 Å². The minimum absolute atomic E-state index is 0.00742. The van der Waals surface area contributed by atoms with E-state index in [4.69, 9.17) is 14.2 Å². The standard InChI is InChI=1S/C15H25NO3/c1-5-16-10-13-8-7-9-14(18-6-2)15(13)19-12(3)11-17-4/h7-9,12,16H,5-6,10-11H2,1-4H3. The molecule has 0 bridgehead atoms. The lowest BCUT2D eigenvalue weighted by Crippen LogP contribution is -2.20. The van der Waals surface area contributed by atoms with E-state index in [1.807, 2.05) is 26.0 Å². The number of hydrogen-bond donors (Lipinski definition) is 1.